The van der Waals surface area contributed by atoms with E-state index < -0.39 is 28.9 Å². The summed E-state index contributed by atoms with van der Waals surface area (Å²) >= 11 is 0. The van der Waals surface area contributed by atoms with Gasteiger partial charge in [0.2, 0.25) is 0 Å². The molecule has 0 spiro atoms. The van der Waals surface area contributed by atoms with E-state index in [1.54, 1.807) is 94.6 Å². The Morgan fingerprint density at radius 1 is 1.03 bits per heavy atom. The van der Waals surface area contributed by atoms with Crippen molar-refractivity contribution in [2.45, 2.75) is 38.8 Å². The molecule has 1 heterocycles. The smallest absolute Gasteiger partial charge is 0.340 e. The molecule has 1 atom stereocenters. The Morgan fingerprint density at radius 3 is 2.28 bits per heavy atom. The maximum absolute atomic E-state index is 13.5. The van der Waals surface area contributed by atoms with Crippen molar-refractivity contribution < 1.29 is 19.1 Å². The summed E-state index contributed by atoms with van der Waals surface area (Å²) in [6.45, 7) is 7.16. The number of hydrogen-bond donors (Lipinski definition) is 1. The third-order valence-electron chi connectivity index (χ3n) is 4.42. The van der Waals surface area contributed by atoms with Gasteiger partial charge in [0.25, 0.3) is 17.4 Å². The molecule has 0 saturated carbocycles. The Hall–Kier alpha value is -3.41. The van der Waals surface area contributed by atoms with Crippen molar-refractivity contribution in [3.8, 4) is 0 Å². The maximum Gasteiger partial charge on any atom is 0.340 e. The summed E-state index contributed by atoms with van der Waals surface area (Å²) in [7, 11) is 0. The number of carbonyl (C=O) groups excluding carboxylic acids is 3. The second-order valence-corrected chi connectivity index (χ2v) is 7.82. The number of hydrogen-bond acceptors (Lipinski definition) is 4. The van der Waals surface area contributed by atoms with Crippen LogP contribution in [0.3, 0.4) is 0 Å². The molecule has 0 bridgehead atoms. The molecule has 0 fully saturated rings. The third-order valence-corrected chi connectivity index (χ3v) is 4.42. The Labute approximate surface area is 170 Å². The van der Waals surface area contributed by atoms with E-state index in [4.69, 9.17) is 4.74 Å². The number of allylic oxidation sites excluding steroid dienone is 1. The first-order valence-electron chi connectivity index (χ1n) is 9.37. The predicted octanol–water partition coefficient (Wildman–Crippen LogP) is 3.53. The molecule has 29 heavy (non-hydrogen) atoms. The number of carbonyl (C=O) groups is 3. The highest BCUT2D eigenvalue weighted by Gasteiger charge is 2.60. The molecule has 1 aliphatic rings. The molecule has 1 N–H and O–H groups in total. The van der Waals surface area contributed by atoms with Crippen molar-refractivity contribution in [3.05, 3.63) is 78.0 Å². The van der Waals surface area contributed by atoms with Crippen LogP contribution in [0.25, 0.3) is 0 Å². The molecular weight excluding hydrogens is 368 g/mol. The van der Waals surface area contributed by atoms with Gasteiger partial charge in [-0.05, 0) is 45.9 Å². The molecule has 2 amide bonds. The highest BCUT2D eigenvalue weighted by atomic mass is 16.6. The number of ether oxygens (including phenoxy) is 1. The molecule has 3 rings (SSSR count). The van der Waals surface area contributed by atoms with E-state index >= 15 is 0 Å². The van der Waals surface area contributed by atoms with E-state index in [1.165, 1.54) is 4.90 Å². The first-order valence-corrected chi connectivity index (χ1v) is 9.37. The van der Waals surface area contributed by atoms with Crippen molar-refractivity contribution in [1.29, 1.82) is 0 Å². The molecule has 0 aromatic heterocycles. The van der Waals surface area contributed by atoms with Crippen LogP contribution in [0, 0.1) is 0 Å². The fraction of sp³-hybridized carbons (Fsp3) is 0.261. The summed E-state index contributed by atoms with van der Waals surface area (Å²) in [4.78, 5) is 41.2. The minimum absolute atomic E-state index is 0.255. The summed E-state index contributed by atoms with van der Waals surface area (Å²) in [5.41, 5.74) is -1.66. The molecule has 150 valence electrons. The predicted molar refractivity (Wildman–Crippen MR) is 110 cm³/mol. The number of anilines is 1. The van der Waals surface area contributed by atoms with Gasteiger partial charge in [-0.2, -0.15) is 0 Å². The number of para-hydroxylation sites is 1. The van der Waals surface area contributed by atoms with E-state index in [0.29, 0.717) is 11.3 Å². The number of nitrogens with zero attached hydrogens (tertiary/aromatic N) is 1. The van der Waals surface area contributed by atoms with E-state index in [0.717, 1.165) is 0 Å². The van der Waals surface area contributed by atoms with Crippen LogP contribution < -0.4 is 10.2 Å². The summed E-state index contributed by atoms with van der Waals surface area (Å²) in [5.74, 6) is -2.07. The van der Waals surface area contributed by atoms with E-state index in [9.17, 15) is 14.4 Å². The fourth-order valence-electron chi connectivity index (χ4n) is 3.24. The van der Waals surface area contributed by atoms with Crippen molar-refractivity contribution in [2.24, 2.45) is 0 Å². The average Bonchev–Trinajstić information content (AvgIpc) is 2.91. The van der Waals surface area contributed by atoms with E-state index in [2.05, 4.69) is 5.32 Å². The monoisotopic (exact) mass is 392 g/mol. The lowest BCUT2D eigenvalue weighted by Gasteiger charge is -2.31. The number of amides is 2. The maximum atomic E-state index is 13.5. The second kappa shape index (κ2) is 7.54. The minimum Gasteiger partial charge on any atom is -0.430 e. The second-order valence-electron chi connectivity index (χ2n) is 7.82. The Balaban J connectivity index is 2.17. The molecule has 0 saturated heterocycles. The number of nitrogens with one attached hydrogen (secondary N) is 1. The van der Waals surface area contributed by atoms with Gasteiger partial charge in [0.05, 0.1) is 11.3 Å². The topological polar surface area (TPSA) is 75.7 Å². The first-order chi connectivity index (χ1) is 13.7. The zero-order valence-corrected chi connectivity index (χ0v) is 16.9. The molecule has 1 aliphatic heterocycles. The van der Waals surface area contributed by atoms with Gasteiger partial charge in [0.1, 0.15) is 0 Å². The van der Waals surface area contributed by atoms with Crippen LogP contribution >= 0.6 is 0 Å². The van der Waals surface area contributed by atoms with Gasteiger partial charge in [-0.15, -0.1) is 0 Å². The summed E-state index contributed by atoms with van der Waals surface area (Å²) in [6, 6.07) is 15.1. The summed E-state index contributed by atoms with van der Waals surface area (Å²) in [6.07, 6.45) is 3.25. The minimum atomic E-state index is -2.11. The van der Waals surface area contributed by atoms with Gasteiger partial charge in [-0.1, -0.05) is 42.5 Å². The molecule has 2 aromatic carbocycles. The molecule has 6 heteroatoms. The van der Waals surface area contributed by atoms with Gasteiger partial charge in [0.15, 0.2) is 0 Å². The zero-order chi connectivity index (χ0) is 21.2. The number of esters is 1. The molecule has 2 aromatic rings. The van der Waals surface area contributed by atoms with Crippen molar-refractivity contribution in [2.75, 3.05) is 4.90 Å². The number of fused-ring (bicyclic) bond motifs is 1. The van der Waals surface area contributed by atoms with Gasteiger partial charge in [-0.25, -0.2) is 4.79 Å². The fourth-order valence-corrected chi connectivity index (χ4v) is 3.24. The van der Waals surface area contributed by atoms with Crippen LogP contribution in [0.5, 0.6) is 0 Å². The normalized spacial score (nSPS) is 18.6. The third kappa shape index (κ3) is 3.66. The van der Waals surface area contributed by atoms with Crippen LogP contribution in [0.2, 0.25) is 0 Å². The molecular formula is C23H24N2O4. The quantitative estimate of drug-likeness (QED) is 0.638. The molecule has 6 nitrogen and oxygen atoms in total. The van der Waals surface area contributed by atoms with E-state index in [-0.39, 0.29) is 5.56 Å². The van der Waals surface area contributed by atoms with Gasteiger partial charge < -0.3 is 10.1 Å². The van der Waals surface area contributed by atoms with Gasteiger partial charge >= 0.3 is 5.97 Å². The van der Waals surface area contributed by atoms with Crippen molar-refractivity contribution in [1.82, 2.24) is 5.32 Å². The van der Waals surface area contributed by atoms with Gasteiger partial charge in [0, 0.05) is 17.3 Å². The molecule has 0 radical (unpaired) electrons. The molecule has 0 aliphatic carbocycles. The average molecular weight is 392 g/mol. The number of benzene rings is 2. The van der Waals surface area contributed by atoms with Crippen molar-refractivity contribution >= 4 is 23.5 Å². The molecule has 1 unspecified atom stereocenters. The van der Waals surface area contributed by atoms with Crippen LogP contribution in [0.15, 0.2) is 66.9 Å². The summed E-state index contributed by atoms with van der Waals surface area (Å²) in [5, 5.41) is 2.80. The lowest BCUT2D eigenvalue weighted by Crippen LogP contribution is -2.57. The highest BCUT2D eigenvalue weighted by Crippen LogP contribution is 2.44. The standard InChI is InChI=1S/C23H24N2O4/c1-5-15-25-18-14-10-9-13-17(18)23(21(25)28,20(27)24-22(2,3)4)29-19(26)16-11-7-6-8-12-16/h5-15H,1-4H3,(H,24,27)/b15-5+. The zero-order valence-electron chi connectivity index (χ0n) is 16.9. The Bertz CT molecular complexity index is 976. The van der Waals surface area contributed by atoms with Crippen LogP contribution in [-0.4, -0.2) is 23.3 Å². The van der Waals surface area contributed by atoms with Gasteiger partial charge in [-0.3, -0.25) is 14.5 Å². The number of rotatable bonds is 4. The van der Waals surface area contributed by atoms with Crippen LogP contribution in [-0.2, 0) is 19.9 Å². The lowest BCUT2D eigenvalue weighted by molar-refractivity contribution is -0.153. The van der Waals surface area contributed by atoms with Crippen molar-refractivity contribution in [3.63, 3.8) is 0 Å². The first kappa shape index (κ1) is 20.3. The van der Waals surface area contributed by atoms with Crippen LogP contribution in [0.4, 0.5) is 5.69 Å². The Kier molecular flexibility index (Phi) is 5.29. The lowest BCUT2D eigenvalue weighted by atomic mass is 9.92. The highest BCUT2D eigenvalue weighted by molar-refractivity contribution is 6.22. The SMILES string of the molecule is C/C=C/N1C(=O)C(OC(=O)c2ccccc2)(C(=O)NC(C)(C)C)c2ccccc21. The Morgan fingerprint density at radius 2 is 1.66 bits per heavy atom. The van der Waals surface area contributed by atoms with Crippen LogP contribution in [0.1, 0.15) is 43.6 Å². The largest absolute Gasteiger partial charge is 0.430 e. The van der Waals surface area contributed by atoms with E-state index in [1.807, 2.05) is 0 Å². The summed E-state index contributed by atoms with van der Waals surface area (Å²) < 4.78 is 5.73.